The summed E-state index contributed by atoms with van der Waals surface area (Å²) < 4.78 is 0. The molecule has 1 heterocycles. The molecule has 2 fully saturated rings. The molecule has 0 amide bonds. The van der Waals surface area contributed by atoms with Crippen LogP contribution in [0, 0.1) is 0 Å². The van der Waals surface area contributed by atoms with Gasteiger partial charge in [-0.3, -0.25) is 9.80 Å². The summed E-state index contributed by atoms with van der Waals surface area (Å²) in [5.41, 5.74) is 5.85. The van der Waals surface area contributed by atoms with Gasteiger partial charge >= 0.3 is 0 Å². The van der Waals surface area contributed by atoms with E-state index >= 15 is 0 Å². The van der Waals surface area contributed by atoms with Gasteiger partial charge in [-0.15, -0.1) is 0 Å². The molecule has 3 heteroatoms. The second kappa shape index (κ2) is 4.81. The third kappa shape index (κ3) is 2.35. The third-order valence-corrected chi connectivity index (χ3v) is 4.33. The molecule has 2 rings (SSSR count). The minimum atomic E-state index is 0.564. The van der Waals surface area contributed by atoms with Crippen molar-refractivity contribution in [3.63, 3.8) is 0 Å². The highest BCUT2D eigenvalue weighted by atomic mass is 15.3. The van der Waals surface area contributed by atoms with Crippen molar-refractivity contribution in [3.05, 3.63) is 0 Å². The van der Waals surface area contributed by atoms with Crippen molar-refractivity contribution in [1.29, 1.82) is 0 Å². The predicted octanol–water partition coefficient (Wildman–Crippen LogP) is 0.892. The number of rotatable bonds is 2. The van der Waals surface area contributed by atoms with Gasteiger partial charge in [-0.05, 0) is 26.8 Å². The average molecular weight is 211 g/mol. The Hall–Kier alpha value is -0.120. The van der Waals surface area contributed by atoms with Gasteiger partial charge in [-0.1, -0.05) is 12.8 Å². The normalized spacial score (nSPS) is 36.2. The molecule has 0 spiro atoms. The largest absolute Gasteiger partial charge is 0.329 e. The minimum absolute atomic E-state index is 0.564. The van der Waals surface area contributed by atoms with E-state index in [-0.39, 0.29) is 0 Å². The molecule has 1 saturated carbocycles. The van der Waals surface area contributed by atoms with Crippen LogP contribution in [0.25, 0.3) is 0 Å². The van der Waals surface area contributed by atoms with Crippen LogP contribution in [0.1, 0.15) is 32.6 Å². The molecule has 3 nitrogen and oxygen atoms in total. The van der Waals surface area contributed by atoms with E-state index in [1.807, 2.05) is 0 Å². The van der Waals surface area contributed by atoms with E-state index < -0.39 is 0 Å². The molecule has 1 saturated heterocycles. The summed E-state index contributed by atoms with van der Waals surface area (Å²) in [5.74, 6) is 0. The molecule has 0 aromatic heterocycles. The van der Waals surface area contributed by atoms with Crippen LogP contribution >= 0.6 is 0 Å². The molecule has 1 aliphatic heterocycles. The van der Waals surface area contributed by atoms with Crippen LogP contribution in [0.3, 0.4) is 0 Å². The lowest BCUT2D eigenvalue weighted by molar-refractivity contribution is 0.0313. The Morgan fingerprint density at radius 2 is 1.87 bits per heavy atom. The summed E-state index contributed by atoms with van der Waals surface area (Å²) in [6, 6.07) is 2.08. The molecular formula is C12H25N3. The summed E-state index contributed by atoms with van der Waals surface area (Å²) in [6.45, 7) is 5.54. The lowest BCUT2D eigenvalue weighted by Gasteiger charge is -2.45. The molecule has 2 aliphatic rings. The Labute approximate surface area is 93.6 Å². The van der Waals surface area contributed by atoms with Crippen LogP contribution < -0.4 is 5.73 Å². The number of nitrogens with two attached hydrogens (primary N) is 1. The number of hydrogen-bond acceptors (Lipinski definition) is 3. The SMILES string of the molecule is CC1CN(C2CCCC2)CC(CN)N1C. The fourth-order valence-electron chi connectivity index (χ4n) is 3.11. The zero-order valence-corrected chi connectivity index (χ0v) is 10.2. The summed E-state index contributed by atoms with van der Waals surface area (Å²) >= 11 is 0. The standard InChI is InChI=1S/C12H25N3/c1-10-8-15(11-5-3-4-6-11)9-12(7-13)14(10)2/h10-12H,3-9,13H2,1-2H3. The van der Waals surface area contributed by atoms with Crippen molar-refractivity contribution >= 4 is 0 Å². The lowest BCUT2D eigenvalue weighted by atomic mass is 10.0. The number of likely N-dealkylation sites (N-methyl/N-ethyl adjacent to an activating group) is 1. The van der Waals surface area contributed by atoms with Gasteiger partial charge in [0.05, 0.1) is 0 Å². The van der Waals surface area contributed by atoms with Crippen molar-refractivity contribution in [3.8, 4) is 0 Å². The van der Waals surface area contributed by atoms with E-state index in [1.165, 1.54) is 38.8 Å². The van der Waals surface area contributed by atoms with Crippen LogP contribution in [-0.4, -0.2) is 54.6 Å². The highest BCUT2D eigenvalue weighted by molar-refractivity contribution is 4.90. The Balaban J connectivity index is 1.96. The van der Waals surface area contributed by atoms with E-state index in [0.29, 0.717) is 12.1 Å². The first kappa shape index (κ1) is 11.4. The second-order valence-corrected chi connectivity index (χ2v) is 5.30. The van der Waals surface area contributed by atoms with Crippen LogP contribution in [0.15, 0.2) is 0 Å². The molecule has 2 unspecified atom stereocenters. The monoisotopic (exact) mass is 211 g/mol. The van der Waals surface area contributed by atoms with Gasteiger partial charge in [0.15, 0.2) is 0 Å². The third-order valence-electron chi connectivity index (χ3n) is 4.33. The molecule has 0 radical (unpaired) electrons. The maximum absolute atomic E-state index is 5.85. The first-order valence-corrected chi connectivity index (χ1v) is 6.38. The fourth-order valence-corrected chi connectivity index (χ4v) is 3.11. The molecule has 0 bridgehead atoms. The average Bonchev–Trinajstić information content (AvgIpc) is 2.75. The molecule has 88 valence electrons. The Bertz CT molecular complexity index is 201. The van der Waals surface area contributed by atoms with Crippen molar-refractivity contribution in [2.24, 2.45) is 5.73 Å². The Morgan fingerprint density at radius 1 is 1.20 bits per heavy atom. The van der Waals surface area contributed by atoms with Crippen molar-refractivity contribution in [2.75, 3.05) is 26.7 Å². The zero-order valence-electron chi connectivity index (χ0n) is 10.2. The van der Waals surface area contributed by atoms with Crippen LogP contribution in [-0.2, 0) is 0 Å². The van der Waals surface area contributed by atoms with Gasteiger partial charge in [0, 0.05) is 37.8 Å². The van der Waals surface area contributed by atoms with Gasteiger partial charge in [0.2, 0.25) is 0 Å². The highest BCUT2D eigenvalue weighted by Crippen LogP contribution is 2.26. The molecule has 2 N–H and O–H groups in total. The smallest absolute Gasteiger partial charge is 0.0346 e. The van der Waals surface area contributed by atoms with Gasteiger partial charge in [-0.2, -0.15) is 0 Å². The van der Waals surface area contributed by atoms with E-state index in [4.69, 9.17) is 5.73 Å². The predicted molar refractivity (Wildman–Crippen MR) is 63.9 cm³/mol. The maximum atomic E-state index is 5.85. The Kier molecular flexibility index (Phi) is 3.65. The van der Waals surface area contributed by atoms with Crippen molar-refractivity contribution in [2.45, 2.75) is 50.7 Å². The van der Waals surface area contributed by atoms with Gasteiger partial charge in [0.1, 0.15) is 0 Å². The van der Waals surface area contributed by atoms with Crippen molar-refractivity contribution in [1.82, 2.24) is 9.80 Å². The first-order valence-electron chi connectivity index (χ1n) is 6.38. The van der Waals surface area contributed by atoms with E-state index in [1.54, 1.807) is 0 Å². The van der Waals surface area contributed by atoms with Crippen LogP contribution in [0.4, 0.5) is 0 Å². The van der Waals surface area contributed by atoms with Gasteiger partial charge in [-0.25, -0.2) is 0 Å². The summed E-state index contributed by atoms with van der Waals surface area (Å²) in [5, 5.41) is 0. The van der Waals surface area contributed by atoms with E-state index in [0.717, 1.165) is 12.6 Å². The van der Waals surface area contributed by atoms with Gasteiger partial charge in [0.25, 0.3) is 0 Å². The summed E-state index contributed by atoms with van der Waals surface area (Å²) in [7, 11) is 2.22. The second-order valence-electron chi connectivity index (χ2n) is 5.30. The van der Waals surface area contributed by atoms with Crippen LogP contribution in [0.2, 0.25) is 0 Å². The number of hydrogen-bond donors (Lipinski definition) is 1. The maximum Gasteiger partial charge on any atom is 0.0346 e. The van der Waals surface area contributed by atoms with Crippen LogP contribution in [0.5, 0.6) is 0 Å². The topological polar surface area (TPSA) is 32.5 Å². The molecular weight excluding hydrogens is 186 g/mol. The molecule has 0 aromatic rings. The van der Waals surface area contributed by atoms with Crippen molar-refractivity contribution < 1.29 is 0 Å². The molecule has 1 aliphatic carbocycles. The lowest BCUT2D eigenvalue weighted by Crippen LogP contribution is -2.60. The summed E-state index contributed by atoms with van der Waals surface area (Å²) in [6.07, 6.45) is 5.68. The van der Waals surface area contributed by atoms with E-state index in [9.17, 15) is 0 Å². The quantitative estimate of drug-likeness (QED) is 0.736. The van der Waals surface area contributed by atoms with Gasteiger partial charge < -0.3 is 5.73 Å². The van der Waals surface area contributed by atoms with E-state index in [2.05, 4.69) is 23.8 Å². The summed E-state index contributed by atoms with van der Waals surface area (Å²) in [4.78, 5) is 5.14. The number of nitrogens with zero attached hydrogens (tertiary/aromatic N) is 2. The fraction of sp³-hybridized carbons (Fsp3) is 1.00. The number of piperazine rings is 1. The first-order chi connectivity index (χ1) is 7.22. The highest BCUT2D eigenvalue weighted by Gasteiger charge is 2.33. The molecule has 2 atom stereocenters. The minimum Gasteiger partial charge on any atom is -0.329 e. The molecule has 15 heavy (non-hydrogen) atoms. The Morgan fingerprint density at radius 3 is 2.47 bits per heavy atom. The zero-order chi connectivity index (χ0) is 10.8. The molecule has 0 aromatic carbocycles.